The van der Waals surface area contributed by atoms with Gasteiger partial charge in [0.05, 0.1) is 16.1 Å². The lowest BCUT2D eigenvalue weighted by Gasteiger charge is -2.09. The highest BCUT2D eigenvalue weighted by Gasteiger charge is 2.33. The molecule has 9 heteroatoms. The topological polar surface area (TPSA) is 63.8 Å². The lowest BCUT2D eigenvalue weighted by Crippen LogP contribution is -2.05. The van der Waals surface area contributed by atoms with Crippen molar-refractivity contribution in [3.63, 3.8) is 0 Å². The summed E-state index contributed by atoms with van der Waals surface area (Å²) in [6.45, 7) is 0. The van der Waals surface area contributed by atoms with Gasteiger partial charge in [-0.1, -0.05) is 16.8 Å². The molecule has 0 atom stereocenters. The van der Waals surface area contributed by atoms with Gasteiger partial charge in [-0.15, -0.1) is 0 Å². The van der Waals surface area contributed by atoms with E-state index in [1.54, 1.807) is 25.4 Å². The molecule has 0 aliphatic heterocycles. The van der Waals surface area contributed by atoms with Gasteiger partial charge in [0, 0.05) is 18.8 Å². The molecule has 0 aliphatic rings. The number of anilines is 1. The highest BCUT2D eigenvalue weighted by atomic mass is 35.5. The largest absolute Gasteiger partial charge is 0.417 e. The van der Waals surface area contributed by atoms with Crippen LogP contribution in [0.4, 0.5) is 19.0 Å². The summed E-state index contributed by atoms with van der Waals surface area (Å²) in [5, 5.41) is 6.29. The Bertz CT molecular complexity index is 879. The molecule has 0 aliphatic carbocycles. The van der Waals surface area contributed by atoms with Gasteiger partial charge in [0.25, 0.3) is 5.89 Å². The van der Waals surface area contributed by atoms with Gasteiger partial charge in [0.15, 0.2) is 0 Å². The van der Waals surface area contributed by atoms with E-state index >= 15 is 0 Å². The number of halogens is 4. The van der Waals surface area contributed by atoms with Crippen LogP contribution < -0.4 is 5.32 Å². The lowest BCUT2D eigenvalue weighted by molar-refractivity contribution is -0.137. The zero-order valence-corrected chi connectivity index (χ0v) is 13.0. The van der Waals surface area contributed by atoms with E-state index in [0.717, 1.165) is 12.1 Å². The van der Waals surface area contributed by atoms with Crippen LogP contribution >= 0.6 is 11.6 Å². The summed E-state index contributed by atoms with van der Waals surface area (Å²) in [4.78, 5) is 8.26. The summed E-state index contributed by atoms with van der Waals surface area (Å²) in [5.41, 5.74) is -0.265. The van der Waals surface area contributed by atoms with Crippen LogP contribution in [0.3, 0.4) is 0 Å². The van der Waals surface area contributed by atoms with Crippen molar-refractivity contribution >= 4 is 17.4 Å². The predicted octanol–water partition coefficient (Wildman–Crippen LogP) is 4.51. The number of nitrogens with one attached hydrogen (secondary N) is 1. The quantitative estimate of drug-likeness (QED) is 0.749. The van der Waals surface area contributed by atoms with Crippen molar-refractivity contribution in [3.05, 3.63) is 47.1 Å². The van der Waals surface area contributed by atoms with Crippen molar-refractivity contribution in [3.8, 4) is 22.8 Å². The van der Waals surface area contributed by atoms with E-state index in [-0.39, 0.29) is 17.3 Å². The minimum Gasteiger partial charge on any atom is -0.373 e. The lowest BCUT2D eigenvalue weighted by atomic mass is 10.1. The van der Waals surface area contributed by atoms with Crippen LogP contribution in [0.1, 0.15) is 5.56 Å². The Labute approximate surface area is 139 Å². The number of aromatic nitrogens is 3. The van der Waals surface area contributed by atoms with Gasteiger partial charge in [-0.2, -0.15) is 18.2 Å². The third-order valence-electron chi connectivity index (χ3n) is 3.23. The SMILES string of the molecule is CNc1ncccc1-c1noc(-c2ccc(Cl)c(C(F)(F)F)c2)n1. The molecule has 0 fully saturated rings. The summed E-state index contributed by atoms with van der Waals surface area (Å²) < 4.78 is 43.9. The fourth-order valence-corrected chi connectivity index (χ4v) is 2.34. The molecular formula is C15H10ClF3N4O. The molecule has 0 unspecified atom stereocenters. The third-order valence-corrected chi connectivity index (χ3v) is 3.56. The third kappa shape index (κ3) is 3.05. The van der Waals surface area contributed by atoms with Gasteiger partial charge in [-0.25, -0.2) is 4.98 Å². The molecule has 0 radical (unpaired) electrons. The summed E-state index contributed by atoms with van der Waals surface area (Å²) in [7, 11) is 1.68. The Kier molecular flexibility index (Phi) is 4.15. The fraction of sp³-hybridized carbons (Fsp3) is 0.133. The number of nitrogens with zero attached hydrogens (tertiary/aromatic N) is 3. The van der Waals surface area contributed by atoms with E-state index in [1.807, 2.05) is 0 Å². The van der Waals surface area contributed by atoms with E-state index in [1.165, 1.54) is 6.07 Å². The molecule has 3 aromatic rings. The average molecular weight is 355 g/mol. The number of rotatable bonds is 3. The van der Waals surface area contributed by atoms with E-state index in [9.17, 15) is 13.2 Å². The Hall–Kier alpha value is -2.61. The van der Waals surface area contributed by atoms with E-state index in [0.29, 0.717) is 11.4 Å². The normalized spacial score (nSPS) is 11.5. The van der Waals surface area contributed by atoms with Crippen LogP contribution in [0.2, 0.25) is 5.02 Å². The van der Waals surface area contributed by atoms with Gasteiger partial charge in [0.2, 0.25) is 5.82 Å². The van der Waals surface area contributed by atoms with Crippen molar-refractivity contribution in [1.29, 1.82) is 0 Å². The first kappa shape index (κ1) is 16.3. The molecule has 0 amide bonds. The smallest absolute Gasteiger partial charge is 0.373 e. The van der Waals surface area contributed by atoms with Crippen molar-refractivity contribution in [1.82, 2.24) is 15.1 Å². The second-order valence-electron chi connectivity index (χ2n) is 4.77. The summed E-state index contributed by atoms with van der Waals surface area (Å²) in [6.07, 6.45) is -2.98. The molecule has 2 heterocycles. The van der Waals surface area contributed by atoms with E-state index < -0.39 is 16.8 Å². The molecular weight excluding hydrogens is 345 g/mol. The van der Waals surface area contributed by atoms with Crippen molar-refractivity contribution in [2.24, 2.45) is 0 Å². The zero-order chi connectivity index (χ0) is 17.3. The van der Waals surface area contributed by atoms with E-state index in [2.05, 4.69) is 20.4 Å². The molecule has 0 bridgehead atoms. The maximum Gasteiger partial charge on any atom is 0.417 e. The first-order chi connectivity index (χ1) is 11.4. The van der Waals surface area contributed by atoms with Gasteiger partial charge < -0.3 is 9.84 Å². The second kappa shape index (κ2) is 6.12. The molecule has 0 saturated carbocycles. The maximum absolute atomic E-state index is 12.9. The summed E-state index contributed by atoms with van der Waals surface area (Å²) >= 11 is 5.61. The molecule has 0 spiro atoms. The Morgan fingerprint density at radius 2 is 2.00 bits per heavy atom. The molecule has 0 saturated heterocycles. The standard InChI is InChI=1S/C15H10ClF3N4O/c1-20-12-9(3-2-6-21-12)13-22-14(24-23-13)8-4-5-11(16)10(7-8)15(17,18)19/h2-7H,1H3,(H,20,21). The van der Waals surface area contributed by atoms with Crippen LogP contribution in [0.25, 0.3) is 22.8 Å². The van der Waals surface area contributed by atoms with Crippen LogP contribution in [0.15, 0.2) is 41.1 Å². The Morgan fingerprint density at radius 1 is 1.21 bits per heavy atom. The number of hydrogen-bond donors (Lipinski definition) is 1. The number of benzene rings is 1. The van der Waals surface area contributed by atoms with Crippen molar-refractivity contribution in [2.75, 3.05) is 12.4 Å². The van der Waals surface area contributed by atoms with Gasteiger partial charge in [0.1, 0.15) is 5.82 Å². The van der Waals surface area contributed by atoms with Gasteiger partial charge in [-0.3, -0.25) is 0 Å². The summed E-state index contributed by atoms with van der Waals surface area (Å²) in [6, 6.07) is 6.82. The Morgan fingerprint density at radius 3 is 2.71 bits per heavy atom. The fourth-order valence-electron chi connectivity index (χ4n) is 2.11. The van der Waals surface area contributed by atoms with Crippen molar-refractivity contribution < 1.29 is 17.7 Å². The van der Waals surface area contributed by atoms with Crippen LogP contribution in [-0.2, 0) is 6.18 Å². The first-order valence-corrected chi connectivity index (χ1v) is 7.12. The zero-order valence-electron chi connectivity index (χ0n) is 12.2. The maximum atomic E-state index is 12.9. The predicted molar refractivity (Wildman–Crippen MR) is 82.5 cm³/mol. The Balaban J connectivity index is 2.03. The molecule has 3 rings (SSSR count). The van der Waals surface area contributed by atoms with Crippen LogP contribution in [-0.4, -0.2) is 22.2 Å². The summed E-state index contributed by atoms with van der Waals surface area (Å²) in [5.74, 6) is 0.695. The monoisotopic (exact) mass is 354 g/mol. The van der Waals surface area contributed by atoms with Crippen LogP contribution in [0.5, 0.6) is 0 Å². The van der Waals surface area contributed by atoms with Gasteiger partial charge >= 0.3 is 6.18 Å². The molecule has 24 heavy (non-hydrogen) atoms. The minimum absolute atomic E-state index is 0.0435. The van der Waals surface area contributed by atoms with Gasteiger partial charge in [-0.05, 0) is 30.3 Å². The minimum atomic E-state index is -4.57. The van der Waals surface area contributed by atoms with Crippen molar-refractivity contribution in [2.45, 2.75) is 6.18 Å². The number of alkyl halides is 3. The van der Waals surface area contributed by atoms with Crippen LogP contribution in [0, 0.1) is 0 Å². The molecule has 2 aromatic heterocycles. The highest BCUT2D eigenvalue weighted by molar-refractivity contribution is 6.31. The number of hydrogen-bond acceptors (Lipinski definition) is 5. The first-order valence-electron chi connectivity index (χ1n) is 6.74. The highest BCUT2D eigenvalue weighted by Crippen LogP contribution is 2.37. The molecule has 5 nitrogen and oxygen atoms in total. The average Bonchev–Trinajstić information content (AvgIpc) is 3.04. The van der Waals surface area contributed by atoms with E-state index in [4.69, 9.17) is 16.1 Å². The molecule has 1 aromatic carbocycles. The molecule has 124 valence electrons. The molecule has 1 N–H and O–H groups in total. The number of pyridine rings is 1. The second-order valence-corrected chi connectivity index (χ2v) is 5.17.